The second kappa shape index (κ2) is 6.40. The van der Waals surface area contributed by atoms with Crippen molar-refractivity contribution in [2.45, 2.75) is 18.9 Å². The summed E-state index contributed by atoms with van der Waals surface area (Å²) in [5, 5.41) is 6.45. The van der Waals surface area contributed by atoms with Crippen molar-refractivity contribution < 1.29 is 4.74 Å². The Morgan fingerprint density at radius 2 is 2.04 bits per heavy atom. The van der Waals surface area contributed by atoms with Gasteiger partial charge in [0, 0.05) is 44.9 Å². The normalized spacial score (nSPS) is 15.5. The molecule has 0 atom stereocenters. The Morgan fingerprint density at radius 3 is 2.88 bits per heavy atom. The molecule has 24 heavy (non-hydrogen) atoms. The lowest BCUT2D eigenvalue weighted by Crippen LogP contribution is -2.28. The number of anilines is 2. The molecule has 4 rings (SSSR count). The van der Waals surface area contributed by atoms with Crippen molar-refractivity contribution >= 4 is 17.4 Å². The smallest absolute Gasteiger partial charge is 0.223 e. The van der Waals surface area contributed by atoms with Crippen LogP contribution in [0, 0.1) is 0 Å². The highest BCUT2D eigenvalue weighted by molar-refractivity contribution is 5.69. The van der Waals surface area contributed by atoms with Crippen LogP contribution < -0.4 is 10.6 Å². The summed E-state index contributed by atoms with van der Waals surface area (Å²) in [5.41, 5.74) is 2.49. The molecule has 0 spiro atoms. The van der Waals surface area contributed by atoms with Crippen molar-refractivity contribution in [3.8, 4) is 11.4 Å². The molecule has 0 unspecified atom stereocenters. The average Bonchev–Trinajstić information content (AvgIpc) is 3.07. The minimum absolute atomic E-state index is 0.358. The Balaban J connectivity index is 1.66. The van der Waals surface area contributed by atoms with E-state index in [0.717, 1.165) is 48.9 Å². The number of nitrogens with zero attached hydrogens (tertiary/aromatic N) is 5. The fourth-order valence-electron chi connectivity index (χ4n) is 2.88. The van der Waals surface area contributed by atoms with Gasteiger partial charge in [0.15, 0.2) is 11.5 Å². The van der Waals surface area contributed by atoms with Crippen molar-refractivity contribution in [2.24, 2.45) is 0 Å². The van der Waals surface area contributed by atoms with Crippen LogP contribution in [-0.4, -0.2) is 50.6 Å². The number of rotatable bonds is 4. The predicted octanol–water partition coefficient (Wildman–Crippen LogP) is 1.82. The van der Waals surface area contributed by atoms with Crippen LogP contribution in [0.25, 0.3) is 17.0 Å². The van der Waals surface area contributed by atoms with E-state index in [1.165, 1.54) is 0 Å². The Morgan fingerprint density at radius 1 is 1.17 bits per heavy atom. The van der Waals surface area contributed by atoms with Gasteiger partial charge in [-0.05, 0) is 18.9 Å². The highest BCUT2D eigenvalue weighted by Gasteiger charge is 2.16. The van der Waals surface area contributed by atoms with Crippen molar-refractivity contribution in [1.82, 2.24) is 24.3 Å². The third kappa shape index (κ3) is 2.76. The van der Waals surface area contributed by atoms with Crippen molar-refractivity contribution in [3.05, 3.63) is 30.9 Å². The first-order chi connectivity index (χ1) is 11.8. The van der Waals surface area contributed by atoms with E-state index in [1.54, 1.807) is 18.6 Å². The third-order valence-electron chi connectivity index (χ3n) is 4.14. The summed E-state index contributed by atoms with van der Waals surface area (Å²) in [6, 6.07) is 2.24. The number of hydrogen-bond donors (Lipinski definition) is 2. The maximum Gasteiger partial charge on any atom is 0.223 e. The molecule has 0 bridgehead atoms. The number of ether oxygens (including phenoxy) is 1. The van der Waals surface area contributed by atoms with Gasteiger partial charge >= 0.3 is 0 Å². The first-order valence-corrected chi connectivity index (χ1v) is 8.02. The third-order valence-corrected chi connectivity index (χ3v) is 4.14. The highest BCUT2D eigenvalue weighted by atomic mass is 16.5. The van der Waals surface area contributed by atoms with Gasteiger partial charge in [-0.25, -0.2) is 19.9 Å². The van der Waals surface area contributed by atoms with E-state index in [9.17, 15) is 0 Å². The van der Waals surface area contributed by atoms with E-state index >= 15 is 0 Å². The zero-order valence-electron chi connectivity index (χ0n) is 13.4. The molecule has 0 aliphatic carbocycles. The molecule has 0 aromatic carbocycles. The molecule has 8 nitrogen and oxygen atoms in total. The maximum absolute atomic E-state index is 5.39. The van der Waals surface area contributed by atoms with E-state index < -0.39 is 0 Å². The van der Waals surface area contributed by atoms with Gasteiger partial charge in [-0.3, -0.25) is 4.40 Å². The van der Waals surface area contributed by atoms with Gasteiger partial charge in [-0.1, -0.05) is 0 Å². The molecule has 124 valence electrons. The first kappa shape index (κ1) is 14.8. The average molecular weight is 325 g/mol. The van der Waals surface area contributed by atoms with Crippen LogP contribution in [-0.2, 0) is 4.74 Å². The topological polar surface area (TPSA) is 89.3 Å². The Kier molecular flexibility index (Phi) is 3.96. The summed E-state index contributed by atoms with van der Waals surface area (Å²) in [4.78, 5) is 17.7. The van der Waals surface area contributed by atoms with Crippen LogP contribution >= 0.6 is 0 Å². The van der Waals surface area contributed by atoms with E-state index in [2.05, 4.69) is 30.6 Å². The van der Waals surface area contributed by atoms with Crippen molar-refractivity contribution in [2.75, 3.05) is 30.9 Å². The first-order valence-electron chi connectivity index (χ1n) is 8.02. The molecule has 3 aromatic heterocycles. The molecule has 2 N–H and O–H groups in total. The van der Waals surface area contributed by atoms with Gasteiger partial charge < -0.3 is 15.4 Å². The molecule has 1 saturated heterocycles. The molecular weight excluding hydrogens is 306 g/mol. The van der Waals surface area contributed by atoms with E-state index in [-0.39, 0.29) is 0 Å². The largest absolute Gasteiger partial charge is 0.381 e. The van der Waals surface area contributed by atoms with Gasteiger partial charge in [0.2, 0.25) is 5.95 Å². The second-order valence-corrected chi connectivity index (χ2v) is 5.66. The van der Waals surface area contributed by atoms with Gasteiger partial charge in [0.1, 0.15) is 0 Å². The van der Waals surface area contributed by atoms with Gasteiger partial charge in [-0.2, -0.15) is 0 Å². The van der Waals surface area contributed by atoms with Gasteiger partial charge in [0.25, 0.3) is 0 Å². The lowest BCUT2D eigenvalue weighted by molar-refractivity contribution is 0.0903. The number of nitrogens with one attached hydrogen (secondary N) is 2. The molecule has 3 aromatic rings. The van der Waals surface area contributed by atoms with Crippen molar-refractivity contribution in [1.29, 1.82) is 0 Å². The number of aromatic nitrogens is 5. The quantitative estimate of drug-likeness (QED) is 0.756. The van der Waals surface area contributed by atoms with Crippen molar-refractivity contribution in [3.63, 3.8) is 0 Å². The molecule has 8 heteroatoms. The Labute approximate surface area is 139 Å². The number of hydrogen-bond acceptors (Lipinski definition) is 7. The lowest BCUT2D eigenvalue weighted by atomic mass is 10.1. The summed E-state index contributed by atoms with van der Waals surface area (Å²) >= 11 is 0. The minimum atomic E-state index is 0.358. The zero-order valence-corrected chi connectivity index (χ0v) is 13.4. The maximum atomic E-state index is 5.39. The lowest BCUT2D eigenvalue weighted by Gasteiger charge is -2.23. The van der Waals surface area contributed by atoms with Crippen LogP contribution in [0.15, 0.2) is 30.9 Å². The fourth-order valence-corrected chi connectivity index (χ4v) is 2.88. The fraction of sp³-hybridized carbons (Fsp3) is 0.375. The monoisotopic (exact) mass is 325 g/mol. The second-order valence-electron chi connectivity index (χ2n) is 5.66. The zero-order chi connectivity index (χ0) is 16.4. The Hall–Kier alpha value is -2.74. The molecular formula is C16H19N7O. The number of fused-ring (bicyclic) bond motifs is 1. The van der Waals surface area contributed by atoms with E-state index in [0.29, 0.717) is 12.0 Å². The molecule has 4 heterocycles. The number of imidazole rings is 1. The molecule has 1 aliphatic rings. The van der Waals surface area contributed by atoms with Crippen LogP contribution in [0.2, 0.25) is 0 Å². The van der Waals surface area contributed by atoms with E-state index in [4.69, 9.17) is 4.74 Å². The summed E-state index contributed by atoms with van der Waals surface area (Å²) < 4.78 is 7.36. The van der Waals surface area contributed by atoms with Gasteiger partial charge in [0.05, 0.1) is 17.6 Å². The van der Waals surface area contributed by atoms with E-state index in [1.807, 2.05) is 23.7 Å². The Bertz CT molecular complexity index is 841. The standard InChI is InChI=1S/C16H19N7O/c1-17-14-15-20-10-13(23(15)7-6-18-14)12-2-5-19-16(22-12)21-11-3-8-24-9-4-11/h2,5-7,10-11H,3-4,8-9H2,1H3,(H,17,18)(H,19,21,22). The SMILES string of the molecule is CNc1nccn2c(-c3ccnc(NC4CCOCC4)n3)cnc12. The summed E-state index contributed by atoms with van der Waals surface area (Å²) in [6.07, 6.45) is 9.14. The summed E-state index contributed by atoms with van der Waals surface area (Å²) in [5.74, 6) is 1.37. The summed E-state index contributed by atoms with van der Waals surface area (Å²) in [7, 11) is 1.83. The van der Waals surface area contributed by atoms with Crippen LogP contribution in [0.3, 0.4) is 0 Å². The van der Waals surface area contributed by atoms with Gasteiger partial charge in [-0.15, -0.1) is 0 Å². The van der Waals surface area contributed by atoms with Crippen LogP contribution in [0.5, 0.6) is 0 Å². The van der Waals surface area contributed by atoms with Crippen LogP contribution in [0.4, 0.5) is 11.8 Å². The highest BCUT2D eigenvalue weighted by Crippen LogP contribution is 2.22. The molecule has 0 radical (unpaired) electrons. The summed E-state index contributed by atoms with van der Waals surface area (Å²) in [6.45, 7) is 1.56. The molecule has 1 fully saturated rings. The van der Waals surface area contributed by atoms with Crippen LogP contribution in [0.1, 0.15) is 12.8 Å². The molecule has 0 amide bonds. The molecule has 0 saturated carbocycles. The molecule has 1 aliphatic heterocycles. The minimum Gasteiger partial charge on any atom is -0.381 e. The predicted molar refractivity (Wildman–Crippen MR) is 91.0 cm³/mol.